The van der Waals surface area contributed by atoms with Gasteiger partial charge in [0.25, 0.3) is 0 Å². The standard InChI is InChI=1S/C15H23NO4S/c1-6-15(12(17)18,13(19)20-7-2)8-11-16-10(9-21-11)14(3,4)5/h9H,6-8H2,1-5H3,(H,17,18). The molecule has 0 fully saturated rings. The fourth-order valence-corrected chi connectivity index (χ4v) is 3.05. The molecular formula is C15H23NO4S. The summed E-state index contributed by atoms with van der Waals surface area (Å²) in [4.78, 5) is 28.3. The molecule has 0 aliphatic carbocycles. The van der Waals surface area contributed by atoms with Crippen LogP contribution in [0.15, 0.2) is 5.38 Å². The minimum absolute atomic E-state index is 0.0679. The topological polar surface area (TPSA) is 76.5 Å². The second-order valence-corrected chi connectivity index (χ2v) is 6.96. The summed E-state index contributed by atoms with van der Waals surface area (Å²) in [5.41, 5.74) is -0.749. The zero-order valence-electron chi connectivity index (χ0n) is 13.2. The molecule has 1 N–H and O–H groups in total. The Bertz CT molecular complexity index is 518. The number of hydrogen-bond acceptors (Lipinski definition) is 5. The van der Waals surface area contributed by atoms with Crippen molar-refractivity contribution in [2.75, 3.05) is 6.61 Å². The zero-order chi connectivity index (χ0) is 16.3. The predicted octanol–water partition coefficient (Wildman–Crippen LogP) is 3.03. The monoisotopic (exact) mass is 313 g/mol. The van der Waals surface area contributed by atoms with Gasteiger partial charge in [-0.25, -0.2) is 4.98 Å². The summed E-state index contributed by atoms with van der Waals surface area (Å²) >= 11 is 1.39. The first-order valence-corrected chi connectivity index (χ1v) is 7.90. The Labute approximate surface area is 129 Å². The summed E-state index contributed by atoms with van der Waals surface area (Å²) in [5, 5.41) is 12.1. The molecule has 5 nitrogen and oxygen atoms in total. The van der Waals surface area contributed by atoms with E-state index in [0.29, 0.717) is 5.01 Å². The number of carbonyl (C=O) groups excluding carboxylic acids is 1. The quantitative estimate of drug-likeness (QED) is 0.645. The summed E-state index contributed by atoms with van der Waals surface area (Å²) in [5.74, 6) is -1.84. The molecule has 0 aromatic carbocycles. The van der Waals surface area contributed by atoms with Crippen molar-refractivity contribution in [1.29, 1.82) is 0 Å². The predicted molar refractivity (Wildman–Crippen MR) is 81.5 cm³/mol. The van der Waals surface area contributed by atoms with Crippen LogP contribution in [0.2, 0.25) is 0 Å². The number of rotatable bonds is 6. The molecule has 6 heteroatoms. The Hall–Kier alpha value is -1.43. The van der Waals surface area contributed by atoms with Gasteiger partial charge in [-0.15, -0.1) is 11.3 Å². The molecule has 21 heavy (non-hydrogen) atoms. The molecule has 0 radical (unpaired) electrons. The van der Waals surface area contributed by atoms with Gasteiger partial charge in [0.15, 0.2) is 5.41 Å². The van der Waals surface area contributed by atoms with Crippen LogP contribution >= 0.6 is 11.3 Å². The average molecular weight is 313 g/mol. The normalized spacial score (nSPS) is 14.5. The number of carbonyl (C=O) groups is 2. The van der Waals surface area contributed by atoms with Crippen molar-refractivity contribution in [2.45, 2.75) is 52.9 Å². The van der Waals surface area contributed by atoms with Gasteiger partial charge in [-0.1, -0.05) is 27.7 Å². The molecular weight excluding hydrogens is 290 g/mol. The van der Waals surface area contributed by atoms with E-state index in [2.05, 4.69) is 4.98 Å². The molecule has 0 aliphatic heterocycles. The molecule has 1 atom stereocenters. The van der Waals surface area contributed by atoms with Crippen LogP contribution in [0.4, 0.5) is 0 Å². The van der Waals surface area contributed by atoms with Crippen molar-refractivity contribution in [3.63, 3.8) is 0 Å². The molecule has 1 rings (SSSR count). The maximum absolute atomic E-state index is 12.1. The smallest absolute Gasteiger partial charge is 0.323 e. The third kappa shape index (κ3) is 3.81. The molecule has 1 aromatic heterocycles. The number of esters is 1. The summed E-state index contributed by atoms with van der Waals surface area (Å²) in [6.07, 6.45) is 0.240. The van der Waals surface area contributed by atoms with Gasteiger partial charge in [0.05, 0.1) is 17.3 Å². The Morgan fingerprint density at radius 2 is 1.95 bits per heavy atom. The van der Waals surface area contributed by atoms with Crippen molar-refractivity contribution in [2.24, 2.45) is 5.41 Å². The van der Waals surface area contributed by atoms with E-state index in [4.69, 9.17) is 4.74 Å². The molecule has 0 aliphatic rings. The van der Waals surface area contributed by atoms with Crippen LogP contribution in [0.25, 0.3) is 0 Å². The number of carboxylic acid groups (broad SMARTS) is 1. The Balaban J connectivity index is 3.10. The van der Waals surface area contributed by atoms with E-state index < -0.39 is 17.4 Å². The average Bonchev–Trinajstić information content (AvgIpc) is 2.84. The lowest BCUT2D eigenvalue weighted by Crippen LogP contribution is -2.42. The number of nitrogens with zero attached hydrogens (tertiary/aromatic N) is 1. The van der Waals surface area contributed by atoms with Gasteiger partial charge in [-0.3, -0.25) is 9.59 Å². The maximum Gasteiger partial charge on any atom is 0.323 e. The highest BCUT2D eigenvalue weighted by molar-refractivity contribution is 7.09. The highest BCUT2D eigenvalue weighted by Crippen LogP contribution is 2.32. The highest BCUT2D eigenvalue weighted by atomic mass is 32.1. The van der Waals surface area contributed by atoms with Crippen molar-refractivity contribution < 1.29 is 19.4 Å². The fraction of sp³-hybridized carbons (Fsp3) is 0.667. The van der Waals surface area contributed by atoms with Crippen LogP contribution in [-0.2, 0) is 26.2 Å². The van der Waals surface area contributed by atoms with Crippen LogP contribution in [-0.4, -0.2) is 28.6 Å². The molecule has 1 heterocycles. The molecule has 0 saturated heterocycles. The van der Waals surface area contributed by atoms with E-state index in [-0.39, 0.29) is 24.9 Å². The number of thiazole rings is 1. The van der Waals surface area contributed by atoms with Crippen LogP contribution in [0.3, 0.4) is 0 Å². The van der Waals surface area contributed by atoms with E-state index >= 15 is 0 Å². The molecule has 118 valence electrons. The fourth-order valence-electron chi connectivity index (χ4n) is 1.92. The van der Waals surface area contributed by atoms with Crippen molar-refractivity contribution in [1.82, 2.24) is 4.98 Å². The van der Waals surface area contributed by atoms with Crippen molar-refractivity contribution >= 4 is 23.3 Å². The lowest BCUT2D eigenvalue weighted by atomic mass is 9.82. The first kappa shape index (κ1) is 17.6. The van der Waals surface area contributed by atoms with Gasteiger partial charge < -0.3 is 9.84 Å². The minimum Gasteiger partial charge on any atom is -0.480 e. The largest absolute Gasteiger partial charge is 0.480 e. The first-order chi connectivity index (χ1) is 9.67. The van der Waals surface area contributed by atoms with E-state index in [1.807, 2.05) is 26.2 Å². The van der Waals surface area contributed by atoms with E-state index in [0.717, 1.165) is 5.69 Å². The van der Waals surface area contributed by atoms with Gasteiger partial charge in [0.2, 0.25) is 0 Å². The molecule has 0 bridgehead atoms. The van der Waals surface area contributed by atoms with E-state index in [1.165, 1.54) is 11.3 Å². The summed E-state index contributed by atoms with van der Waals surface area (Å²) in [6.45, 7) is 9.65. The second kappa shape index (κ2) is 6.56. The molecule has 0 saturated carbocycles. The van der Waals surface area contributed by atoms with E-state index in [9.17, 15) is 14.7 Å². The summed E-state index contributed by atoms with van der Waals surface area (Å²) < 4.78 is 4.96. The number of ether oxygens (including phenoxy) is 1. The van der Waals surface area contributed by atoms with Gasteiger partial charge in [-0.2, -0.15) is 0 Å². The van der Waals surface area contributed by atoms with Gasteiger partial charge in [0, 0.05) is 17.2 Å². The maximum atomic E-state index is 12.1. The van der Waals surface area contributed by atoms with Crippen molar-refractivity contribution in [3.8, 4) is 0 Å². The lowest BCUT2D eigenvalue weighted by molar-refractivity contribution is -0.168. The molecule has 0 spiro atoms. The van der Waals surface area contributed by atoms with E-state index in [1.54, 1.807) is 13.8 Å². The Kier molecular flexibility index (Phi) is 5.50. The molecule has 1 aromatic rings. The van der Waals surface area contributed by atoms with Crippen LogP contribution in [0, 0.1) is 5.41 Å². The highest BCUT2D eigenvalue weighted by Gasteiger charge is 2.47. The first-order valence-electron chi connectivity index (χ1n) is 7.03. The van der Waals surface area contributed by atoms with Crippen LogP contribution < -0.4 is 0 Å². The number of aromatic nitrogens is 1. The van der Waals surface area contributed by atoms with Gasteiger partial charge in [-0.05, 0) is 13.3 Å². The minimum atomic E-state index is -1.55. The van der Waals surface area contributed by atoms with Crippen molar-refractivity contribution in [3.05, 3.63) is 16.1 Å². The lowest BCUT2D eigenvalue weighted by Gasteiger charge is -2.24. The number of carboxylic acids is 1. The summed E-state index contributed by atoms with van der Waals surface area (Å²) in [6, 6.07) is 0. The third-order valence-corrected chi connectivity index (χ3v) is 4.30. The number of hydrogen-bond donors (Lipinski definition) is 1. The third-order valence-electron chi connectivity index (χ3n) is 3.45. The van der Waals surface area contributed by atoms with Crippen LogP contribution in [0.1, 0.15) is 51.7 Å². The zero-order valence-corrected chi connectivity index (χ0v) is 14.0. The van der Waals surface area contributed by atoms with Gasteiger partial charge >= 0.3 is 11.9 Å². The second-order valence-electron chi connectivity index (χ2n) is 6.01. The number of aliphatic carboxylic acids is 1. The molecule has 1 unspecified atom stereocenters. The SMILES string of the molecule is CCOC(=O)C(CC)(Cc1nc(C(C)(C)C)cs1)C(=O)O. The Morgan fingerprint density at radius 1 is 1.33 bits per heavy atom. The molecule has 0 amide bonds. The van der Waals surface area contributed by atoms with Gasteiger partial charge in [0.1, 0.15) is 0 Å². The van der Waals surface area contributed by atoms with Crippen LogP contribution in [0.5, 0.6) is 0 Å². The summed E-state index contributed by atoms with van der Waals surface area (Å²) in [7, 11) is 0. The Morgan fingerprint density at radius 3 is 2.33 bits per heavy atom.